The molecule has 10 heteroatoms. The van der Waals surface area contributed by atoms with Crippen molar-refractivity contribution in [2.24, 2.45) is 12.0 Å². The minimum absolute atomic E-state index is 0. The van der Waals surface area contributed by atoms with E-state index in [4.69, 9.17) is 4.74 Å². The van der Waals surface area contributed by atoms with Crippen LogP contribution in [0.2, 0.25) is 0 Å². The molecule has 0 fully saturated rings. The molecular weight excluding hydrogens is 471 g/mol. The normalized spacial score (nSPS) is 11.1. The van der Waals surface area contributed by atoms with Gasteiger partial charge in [-0.3, -0.25) is 9.67 Å². The smallest absolute Gasteiger partial charge is 0.387 e. The van der Waals surface area contributed by atoms with Crippen molar-refractivity contribution in [2.45, 2.75) is 26.6 Å². The topological polar surface area (TPSA) is 72.7 Å². The number of aliphatic imine (C=N–C) groups is 1. The summed E-state index contributed by atoms with van der Waals surface area (Å²) in [4.78, 5) is 4.16. The number of nitrogens with zero attached hydrogens (tertiary/aromatic N) is 3. The van der Waals surface area contributed by atoms with Gasteiger partial charge in [0.15, 0.2) is 17.5 Å². The number of nitrogens with one attached hydrogen (secondary N) is 2. The lowest BCUT2D eigenvalue weighted by Crippen LogP contribution is -2.36. The number of hydrogen-bond donors (Lipinski definition) is 2. The molecule has 0 amide bonds. The maximum absolute atomic E-state index is 12.5. The molecule has 0 aliphatic carbocycles. The van der Waals surface area contributed by atoms with Gasteiger partial charge < -0.3 is 20.1 Å². The first-order valence-electron chi connectivity index (χ1n) is 8.15. The molecule has 0 saturated carbocycles. The molecule has 0 spiro atoms. The molecule has 150 valence electrons. The Balaban J connectivity index is 0.00000364. The highest BCUT2D eigenvalue weighted by Gasteiger charge is 2.12. The third-order valence-corrected chi connectivity index (χ3v) is 3.57. The van der Waals surface area contributed by atoms with Crippen molar-refractivity contribution in [2.75, 3.05) is 13.7 Å². The molecule has 1 aromatic carbocycles. The van der Waals surface area contributed by atoms with Gasteiger partial charge in [-0.2, -0.15) is 13.9 Å². The molecule has 27 heavy (non-hydrogen) atoms. The Morgan fingerprint density at radius 3 is 2.56 bits per heavy atom. The summed E-state index contributed by atoms with van der Waals surface area (Å²) in [5.74, 6) is 0.909. The van der Waals surface area contributed by atoms with Crippen molar-refractivity contribution in [1.29, 1.82) is 0 Å². The van der Waals surface area contributed by atoms with Crippen molar-refractivity contribution in [3.63, 3.8) is 0 Å². The first-order valence-corrected chi connectivity index (χ1v) is 8.15. The quantitative estimate of drug-likeness (QED) is 0.335. The van der Waals surface area contributed by atoms with Crippen LogP contribution >= 0.6 is 24.0 Å². The number of aromatic nitrogens is 2. The van der Waals surface area contributed by atoms with E-state index in [9.17, 15) is 8.78 Å². The van der Waals surface area contributed by atoms with Gasteiger partial charge in [-0.05, 0) is 30.7 Å². The zero-order valence-electron chi connectivity index (χ0n) is 15.4. The average Bonchev–Trinajstić information content (AvgIpc) is 3.02. The third-order valence-electron chi connectivity index (χ3n) is 3.57. The lowest BCUT2D eigenvalue weighted by molar-refractivity contribution is -0.0514. The molecule has 0 aliphatic rings. The van der Waals surface area contributed by atoms with Gasteiger partial charge in [-0.15, -0.1) is 24.0 Å². The predicted molar refractivity (Wildman–Crippen MR) is 110 cm³/mol. The van der Waals surface area contributed by atoms with Gasteiger partial charge in [0.05, 0.1) is 18.8 Å². The molecule has 2 N–H and O–H groups in total. The summed E-state index contributed by atoms with van der Waals surface area (Å²) >= 11 is 0. The van der Waals surface area contributed by atoms with E-state index < -0.39 is 6.61 Å². The lowest BCUT2D eigenvalue weighted by Gasteiger charge is -2.15. The predicted octanol–water partition coefficient (Wildman–Crippen LogP) is 2.90. The zero-order valence-corrected chi connectivity index (χ0v) is 17.7. The van der Waals surface area contributed by atoms with Crippen LogP contribution in [0.5, 0.6) is 11.5 Å². The number of alkyl halides is 2. The van der Waals surface area contributed by atoms with Crippen LogP contribution < -0.4 is 20.1 Å². The molecule has 0 saturated heterocycles. The largest absolute Gasteiger partial charge is 0.490 e. The van der Waals surface area contributed by atoms with Crippen LogP contribution in [0.25, 0.3) is 0 Å². The minimum atomic E-state index is -2.90. The molecule has 0 unspecified atom stereocenters. The fourth-order valence-electron chi connectivity index (χ4n) is 2.28. The van der Waals surface area contributed by atoms with E-state index in [1.165, 1.54) is 6.07 Å². The second-order valence-corrected chi connectivity index (χ2v) is 5.32. The van der Waals surface area contributed by atoms with Crippen LogP contribution in [0, 0.1) is 0 Å². The van der Waals surface area contributed by atoms with E-state index in [0.29, 0.717) is 25.7 Å². The van der Waals surface area contributed by atoms with Crippen molar-refractivity contribution < 1.29 is 18.3 Å². The van der Waals surface area contributed by atoms with Gasteiger partial charge in [-0.25, -0.2) is 0 Å². The first-order chi connectivity index (χ1) is 12.5. The first kappa shape index (κ1) is 22.9. The number of halogens is 3. The van der Waals surface area contributed by atoms with E-state index in [1.54, 1.807) is 37.0 Å². The maximum Gasteiger partial charge on any atom is 0.387 e. The molecule has 1 heterocycles. The summed E-state index contributed by atoms with van der Waals surface area (Å²) in [7, 11) is 3.54. The van der Waals surface area contributed by atoms with E-state index in [1.807, 2.05) is 13.1 Å². The SMILES string of the molecule is CCOc1cc(CNC(=NC)NCc2ccnn2C)ccc1OC(F)F.I. The highest BCUT2D eigenvalue weighted by molar-refractivity contribution is 14.0. The third kappa shape index (κ3) is 7.19. The summed E-state index contributed by atoms with van der Waals surface area (Å²) < 4.78 is 36.5. The van der Waals surface area contributed by atoms with Crippen LogP contribution in [-0.4, -0.2) is 36.0 Å². The summed E-state index contributed by atoms with van der Waals surface area (Å²) in [6.45, 7) is 0.251. The van der Waals surface area contributed by atoms with Gasteiger partial charge in [0.2, 0.25) is 0 Å². The molecule has 0 bridgehead atoms. The molecule has 0 radical (unpaired) electrons. The number of ether oxygens (including phenoxy) is 2. The number of benzene rings is 1. The standard InChI is InChI=1S/C17H23F2N5O2.HI/c1-4-25-15-9-12(5-6-14(15)26-16(18)19)10-21-17(20-2)22-11-13-7-8-23-24(13)3;/h5-9,16H,4,10-11H2,1-3H3,(H2,20,21,22);1H. The molecule has 2 aromatic rings. The van der Waals surface area contributed by atoms with E-state index >= 15 is 0 Å². The lowest BCUT2D eigenvalue weighted by atomic mass is 10.2. The van der Waals surface area contributed by atoms with Crippen LogP contribution in [0.15, 0.2) is 35.5 Å². The fourth-order valence-corrected chi connectivity index (χ4v) is 2.28. The number of rotatable bonds is 8. The Kier molecular flexibility index (Phi) is 9.83. The van der Waals surface area contributed by atoms with Crippen molar-refractivity contribution >= 4 is 29.9 Å². The highest BCUT2D eigenvalue weighted by Crippen LogP contribution is 2.29. The minimum Gasteiger partial charge on any atom is -0.490 e. The monoisotopic (exact) mass is 495 g/mol. The van der Waals surface area contributed by atoms with Crippen molar-refractivity contribution in [3.8, 4) is 11.5 Å². The number of hydrogen-bond acceptors (Lipinski definition) is 4. The molecule has 0 atom stereocenters. The Labute approximate surface area is 174 Å². The Morgan fingerprint density at radius 1 is 1.22 bits per heavy atom. The van der Waals surface area contributed by atoms with Crippen molar-refractivity contribution in [3.05, 3.63) is 41.7 Å². The summed E-state index contributed by atoms with van der Waals surface area (Å²) in [6.07, 6.45) is 1.73. The summed E-state index contributed by atoms with van der Waals surface area (Å²) in [6, 6.07) is 6.75. The van der Waals surface area contributed by atoms with Crippen LogP contribution in [-0.2, 0) is 20.1 Å². The van der Waals surface area contributed by atoms with Crippen LogP contribution in [0.3, 0.4) is 0 Å². The van der Waals surface area contributed by atoms with Gasteiger partial charge in [0, 0.05) is 26.8 Å². The van der Waals surface area contributed by atoms with E-state index in [2.05, 4.69) is 25.5 Å². The Hall–Kier alpha value is -2.11. The van der Waals surface area contributed by atoms with Crippen LogP contribution in [0.1, 0.15) is 18.2 Å². The second kappa shape index (κ2) is 11.6. The molecule has 7 nitrogen and oxygen atoms in total. The molecular formula is C17H24F2IN5O2. The molecule has 1 aromatic heterocycles. The summed E-state index contributed by atoms with van der Waals surface area (Å²) in [5, 5.41) is 10.5. The Bertz CT molecular complexity index is 740. The zero-order chi connectivity index (χ0) is 18.9. The number of aryl methyl sites for hydroxylation is 1. The fraction of sp³-hybridized carbons (Fsp3) is 0.412. The second-order valence-electron chi connectivity index (χ2n) is 5.32. The molecule has 0 aliphatic heterocycles. The van der Waals surface area contributed by atoms with Gasteiger partial charge in [0.25, 0.3) is 0 Å². The Morgan fingerprint density at radius 2 is 1.96 bits per heavy atom. The highest BCUT2D eigenvalue weighted by atomic mass is 127. The van der Waals surface area contributed by atoms with E-state index in [0.717, 1.165) is 11.3 Å². The van der Waals surface area contributed by atoms with Gasteiger partial charge in [-0.1, -0.05) is 6.07 Å². The molecule has 2 rings (SSSR count). The van der Waals surface area contributed by atoms with E-state index in [-0.39, 0.29) is 35.5 Å². The summed E-state index contributed by atoms with van der Waals surface area (Å²) in [5.41, 5.74) is 1.86. The van der Waals surface area contributed by atoms with Gasteiger partial charge in [0.1, 0.15) is 0 Å². The van der Waals surface area contributed by atoms with Crippen molar-refractivity contribution in [1.82, 2.24) is 20.4 Å². The maximum atomic E-state index is 12.5. The average molecular weight is 495 g/mol. The number of guanidine groups is 1. The van der Waals surface area contributed by atoms with Gasteiger partial charge >= 0.3 is 6.61 Å². The van der Waals surface area contributed by atoms with Crippen LogP contribution in [0.4, 0.5) is 8.78 Å².